The van der Waals surface area contributed by atoms with Crippen LogP contribution in [-0.4, -0.2) is 46.3 Å². The quantitative estimate of drug-likeness (QED) is 0.608. The number of ether oxygens (including phenoxy) is 1. The highest BCUT2D eigenvalue weighted by Gasteiger charge is 2.48. The number of hydrogen-bond donors (Lipinski definition) is 0. The maximum Gasteiger partial charge on any atom is 0.445 e. The van der Waals surface area contributed by atoms with E-state index in [-0.39, 0.29) is 17.8 Å². The zero-order valence-electron chi connectivity index (χ0n) is 11.2. The lowest BCUT2D eigenvalue weighted by Crippen LogP contribution is -2.35. The SMILES string of the molecule is CCC(=O)OC1C(=O)N(c2nnc(C(F)(F)F)s2)C(=O)N1C. The normalized spacial score (nSPS) is 19.0. The van der Waals surface area contributed by atoms with Crippen molar-refractivity contribution in [2.24, 2.45) is 0 Å². The minimum atomic E-state index is -4.73. The molecule has 0 N–H and O–H groups in total. The second-order valence-corrected chi connectivity index (χ2v) is 5.11. The standard InChI is InChI=1S/C10H9F3N4O4S/c1-3-4(18)21-6-5(19)17(9(20)16(6)2)8-15-14-7(22-8)10(11,12)13/h6H,3H2,1-2H3. The van der Waals surface area contributed by atoms with Crippen LogP contribution in [0.2, 0.25) is 0 Å². The third-order valence-corrected chi connectivity index (χ3v) is 3.61. The summed E-state index contributed by atoms with van der Waals surface area (Å²) in [5.74, 6) is -1.73. The van der Waals surface area contributed by atoms with Gasteiger partial charge in [-0.1, -0.05) is 18.3 Å². The van der Waals surface area contributed by atoms with Crippen LogP contribution in [0.25, 0.3) is 0 Å². The van der Waals surface area contributed by atoms with Crippen LogP contribution in [0.3, 0.4) is 0 Å². The van der Waals surface area contributed by atoms with E-state index in [2.05, 4.69) is 10.2 Å². The van der Waals surface area contributed by atoms with E-state index in [1.165, 1.54) is 14.0 Å². The van der Waals surface area contributed by atoms with Gasteiger partial charge in [0.2, 0.25) is 10.1 Å². The molecule has 1 aromatic heterocycles. The third kappa shape index (κ3) is 2.73. The van der Waals surface area contributed by atoms with Gasteiger partial charge in [0.15, 0.2) is 0 Å². The number of likely N-dealkylation sites (N-methyl/N-ethyl adjacent to an activating group) is 1. The van der Waals surface area contributed by atoms with Crippen molar-refractivity contribution in [1.82, 2.24) is 15.1 Å². The molecule has 3 amide bonds. The molecule has 12 heteroatoms. The Morgan fingerprint density at radius 3 is 2.50 bits per heavy atom. The van der Waals surface area contributed by atoms with Gasteiger partial charge in [-0.15, -0.1) is 10.2 Å². The first kappa shape index (κ1) is 16.1. The number of carbonyl (C=O) groups excluding carboxylic acids is 3. The van der Waals surface area contributed by atoms with Crippen LogP contribution in [0.15, 0.2) is 0 Å². The summed E-state index contributed by atoms with van der Waals surface area (Å²) >= 11 is 0.0432. The summed E-state index contributed by atoms with van der Waals surface area (Å²) in [7, 11) is 1.18. The predicted molar refractivity (Wildman–Crippen MR) is 65.7 cm³/mol. The second-order valence-electron chi connectivity index (χ2n) is 4.15. The highest BCUT2D eigenvalue weighted by atomic mass is 32.1. The highest BCUT2D eigenvalue weighted by molar-refractivity contribution is 7.15. The number of urea groups is 1. The van der Waals surface area contributed by atoms with E-state index in [1.807, 2.05) is 0 Å². The van der Waals surface area contributed by atoms with E-state index in [1.54, 1.807) is 0 Å². The van der Waals surface area contributed by atoms with Gasteiger partial charge in [-0.25, -0.2) is 4.79 Å². The van der Waals surface area contributed by atoms with Gasteiger partial charge in [0.1, 0.15) is 0 Å². The number of halogens is 3. The summed E-state index contributed by atoms with van der Waals surface area (Å²) < 4.78 is 42.3. The molecule has 120 valence electrons. The lowest BCUT2D eigenvalue weighted by Gasteiger charge is -2.15. The number of anilines is 1. The number of aromatic nitrogens is 2. The zero-order valence-corrected chi connectivity index (χ0v) is 12.1. The van der Waals surface area contributed by atoms with Gasteiger partial charge in [-0.2, -0.15) is 18.1 Å². The van der Waals surface area contributed by atoms with Crippen molar-refractivity contribution < 1.29 is 32.3 Å². The molecule has 2 heterocycles. The van der Waals surface area contributed by atoms with Gasteiger partial charge in [-0.3, -0.25) is 14.5 Å². The first-order valence-corrected chi connectivity index (χ1v) is 6.69. The van der Waals surface area contributed by atoms with Gasteiger partial charge in [-0.05, 0) is 0 Å². The average Bonchev–Trinajstić information content (AvgIpc) is 2.99. The summed E-state index contributed by atoms with van der Waals surface area (Å²) in [6.45, 7) is 1.49. The minimum Gasteiger partial charge on any atom is -0.432 e. The molecule has 1 aromatic rings. The Labute approximate surface area is 125 Å². The van der Waals surface area contributed by atoms with Crippen molar-refractivity contribution in [1.29, 1.82) is 0 Å². The molecule has 1 saturated heterocycles. The van der Waals surface area contributed by atoms with Crippen LogP contribution in [0.4, 0.5) is 23.1 Å². The van der Waals surface area contributed by atoms with Crippen molar-refractivity contribution in [3.63, 3.8) is 0 Å². The van der Waals surface area contributed by atoms with Crippen molar-refractivity contribution in [2.45, 2.75) is 25.7 Å². The molecule has 0 aromatic carbocycles. The molecule has 0 spiro atoms. The predicted octanol–water partition coefficient (Wildman–Crippen LogP) is 1.23. The smallest absolute Gasteiger partial charge is 0.432 e. The molecule has 1 fully saturated rings. The maximum atomic E-state index is 12.5. The summed E-state index contributed by atoms with van der Waals surface area (Å²) in [6.07, 6.45) is -6.29. The van der Waals surface area contributed by atoms with E-state index in [4.69, 9.17) is 4.74 Å². The van der Waals surface area contributed by atoms with Gasteiger partial charge >= 0.3 is 18.2 Å². The van der Waals surface area contributed by atoms with E-state index in [0.717, 1.165) is 4.90 Å². The number of imide groups is 1. The molecule has 1 aliphatic heterocycles. The number of carbonyl (C=O) groups is 3. The highest BCUT2D eigenvalue weighted by Crippen LogP contribution is 2.36. The van der Waals surface area contributed by atoms with E-state index in [9.17, 15) is 27.6 Å². The summed E-state index contributed by atoms with van der Waals surface area (Å²) in [6, 6.07) is -0.955. The van der Waals surface area contributed by atoms with Crippen molar-refractivity contribution in [3.05, 3.63) is 5.01 Å². The zero-order chi connectivity index (χ0) is 16.7. The van der Waals surface area contributed by atoms with Crippen LogP contribution in [0, 0.1) is 0 Å². The van der Waals surface area contributed by atoms with Crippen LogP contribution in [0.1, 0.15) is 18.4 Å². The van der Waals surface area contributed by atoms with Crippen molar-refractivity contribution in [2.75, 3.05) is 11.9 Å². The molecule has 0 bridgehead atoms. The number of hydrogen-bond acceptors (Lipinski definition) is 7. The van der Waals surface area contributed by atoms with Gasteiger partial charge in [0, 0.05) is 13.5 Å². The fourth-order valence-corrected chi connectivity index (χ4v) is 2.27. The molecule has 8 nitrogen and oxygen atoms in total. The first-order chi connectivity index (χ1) is 10.2. The second kappa shape index (κ2) is 5.51. The van der Waals surface area contributed by atoms with E-state index < -0.39 is 40.5 Å². The van der Waals surface area contributed by atoms with Crippen LogP contribution < -0.4 is 4.90 Å². The van der Waals surface area contributed by atoms with Gasteiger partial charge in [0.05, 0.1) is 0 Å². The van der Waals surface area contributed by atoms with Crippen LogP contribution >= 0.6 is 11.3 Å². The summed E-state index contributed by atoms with van der Waals surface area (Å²) in [4.78, 5) is 36.5. The van der Waals surface area contributed by atoms with Crippen molar-refractivity contribution >= 4 is 34.4 Å². The molecule has 1 unspecified atom stereocenters. The Hall–Kier alpha value is -2.24. The molecule has 22 heavy (non-hydrogen) atoms. The number of rotatable bonds is 3. The Morgan fingerprint density at radius 2 is 2.00 bits per heavy atom. The largest absolute Gasteiger partial charge is 0.445 e. The Balaban J connectivity index is 2.28. The monoisotopic (exact) mass is 338 g/mol. The Morgan fingerprint density at radius 1 is 1.36 bits per heavy atom. The van der Waals surface area contributed by atoms with E-state index >= 15 is 0 Å². The molecule has 0 saturated carbocycles. The Bertz CT molecular complexity index is 632. The van der Waals surface area contributed by atoms with Gasteiger partial charge < -0.3 is 4.74 Å². The first-order valence-electron chi connectivity index (χ1n) is 5.87. The molecule has 1 atom stereocenters. The average molecular weight is 338 g/mol. The lowest BCUT2D eigenvalue weighted by molar-refractivity contribution is -0.159. The van der Waals surface area contributed by atoms with Crippen molar-refractivity contribution in [3.8, 4) is 0 Å². The number of esters is 1. The third-order valence-electron chi connectivity index (χ3n) is 2.66. The molecular formula is C10H9F3N4O4S. The lowest BCUT2D eigenvalue weighted by atomic mass is 10.4. The molecule has 0 radical (unpaired) electrons. The topological polar surface area (TPSA) is 92.7 Å². The number of alkyl halides is 3. The Kier molecular flexibility index (Phi) is 4.04. The molecule has 1 aliphatic rings. The van der Waals surface area contributed by atoms with E-state index in [0.29, 0.717) is 4.90 Å². The summed E-state index contributed by atoms with van der Waals surface area (Å²) in [5, 5.41) is 4.27. The molecular weight excluding hydrogens is 329 g/mol. The molecule has 0 aliphatic carbocycles. The molecule has 2 rings (SSSR count). The fraction of sp³-hybridized carbons (Fsp3) is 0.500. The van der Waals surface area contributed by atoms with Crippen LogP contribution in [-0.2, 0) is 20.5 Å². The summed E-state index contributed by atoms with van der Waals surface area (Å²) in [5.41, 5.74) is 0. The maximum absolute atomic E-state index is 12.5. The fourth-order valence-electron chi connectivity index (χ4n) is 1.56. The van der Waals surface area contributed by atoms with Crippen LogP contribution in [0.5, 0.6) is 0 Å². The minimum absolute atomic E-state index is 0.0250. The number of nitrogens with zero attached hydrogens (tertiary/aromatic N) is 4. The van der Waals surface area contributed by atoms with Gasteiger partial charge in [0.25, 0.3) is 12.1 Å². The number of amides is 3.